The van der Waals surface area contributed by atoms with E-state index < -0.39 is 9.85 Å². The molecule has 0 aromatic heterocycles. The molecule has 0 spiro atoms. The van der Waals surface area contributed by atoms with Gasteiger partial charge in [0.1, 0.15) is 0 Å². The fraction of sp³-hybridized carbons (Fsp3) is 0. The molecule has 0 saturated heterocycles. The number of hydrogen-bond acceptors (Lipinski definition) is 4. The molecule has 0 heterocycles. The van der Waals surface area contributed by atoms with E-state index in [1.807, 2.05) is 48.6 Å². The molecule has 0 amide bonds. The third-order valence-electron chi connectivity index (χ3n) is 4.03. The van der Waals surface area contributed by atoms with Crippen LogP contribution < -0.4 is 0 Å². The van der Waals surface area contributed by atoms with Gasteiger partial charge in [0.05, 0.1) is 9.85 Å². The molecule has 3 aromatic carbocycles. The Kier molecular flexibility index (Phi) is 5.72. The van der Waals surface area contributed by atoms with Gasteiger partial charge in [0.2, 0.25) is 0 Å². The van der Waals surface area contributed by atoms with Crippen LogP contribution in [0.4, 0.5) is 11.4 Å². The highest BCUT2D eigenvalue weighted by molar-refractivity contribution is 5.73. The maximum atomic E-state index is 10.8. The third kappa shape index (κ3) is 4.98. The van der Waals surface area contributed by atoms with E-state index in [0.717, 1.165) is 22.3 Å². The second-order valence-electron chi connectivity index (χ2n) is 6.04. The van der Waals surface area contributed by atoms with E-state index in [1.54, 1.807) is 24.3 Å². The van der Waals surface area contributed by atoms with Crippen molar-refractivity contribution in [2.45, 2.75) is 0 Å². The van der Waals surface area contributed by atoms with Gasteiger partial charge >= 0.3 is 0 Å². The molecule has 6 heteroatoms. The largest absolute Gasteiger partial charge is 0.270 e. The van der Waals surface area contributed by atoms with Crippen LogP contribution in [0.15, 0.2) is 72.8 Å². The van der Waals surface area contributed by atoms with Crippen LogP contribution in [0, 0.1) is 20.2 Å². The van der Waals surface area contributed by atoms with Crippen molar-refractivity contribution in [1.29, 1.82) is 0 Å². The second-order valence-corrected chi connectivity index (χ2v) is 6.04. The van der Waals surface area contributed by atoms with E-state index in [0.29, 0.717) is 0 Å². The summed E-state index contributed by atoms with van der Waals surface area (Å²) < 4.78 is 0. The van der Waals surface area contributed by atoms with Crippen LogP contribution in [0.2, 0.25) is 0 Å². The monoisotopic (exact) mass is 372 g/mol. The van der Waals surface area contributed by atoms with Gasteiger partial charge in [-0.25, -0.2) is 0 Å². The lowest BCUT2D eigenvalue weighted by molar-refractivity contribution is -0.385. The van der Waals surface area contributed by atoms with E-state index in [9.17, 15) is 20.2 Å². The van der Waals surface area contributed by atoms with Crippen LogP contribution in [0.1, 0.15) is 22.3 Å². The Morgan fingerprint density at radius 1 is 0.536 bits per heavy atom. The molecule has 138 valence electrons. The smallest absolute Gasteiger partial charge is 0.258 e. The highest BCUT2D eigenvalue weighted by Crippen LogP contribution is 2.18. The first-order valence-corrected chi connectivity index (χ1v) is 8.46. The minimum atomic E-state index is -0.417. The number of non-ortho nitro benzene ring substituents is 2. The molecule has 0 aliphatic rings. The minimum Gasteiger partial charge on any atom is -0.258 e. The van der Waals surface area contributed by atoms with Crippen molar-refractivity contribution >= 4 is 35.7 Å². The molecule has 0 radical (unpaired) electrons. The van der Waals surface area contributed by atoms with Crippen molar-refractivity contribution in [2.24, 2.45) is 0 Å². The number of benzene rings is 3. The van der Waals surface area contributed by atoms with Crippen molar-refractivity contribution in [3.8, 4) is 0 Å². The molecule has 0 saturated carbocycles. The number of rotatable bonds is 6. The highest BCUT2D eigenvalue weighted by atomic mass is 16.6. The zero-order chi connectivity index (χ0) is 19.9. The van der Waals surface area contributed by atoms with Gasteiger partial charge in [0.25, 0.3) is 11.4 Å². The summed E-state index contributed by atoms with van der Waals surface area (Å²) >= 11 is 0. The molecular formula is C22H16N2O4. The lowest BCUT2D eigenvalue weighted by Gasteiger charge is -1.98. The molecule has 0 N–H and O–H groups in total. The molecular weight excluding hydrogens is 356 g/mol. The predicted molar refractivity (Wildman–Crippen MR) is 110 cm³/mol. The van der Waals surface area contributed by atoms with Crippen LogP contribution in [0.25, 0.3) is 24.3 Å². The first kappa shape index (κ1) is 18.7. The molecule has 0 bridgehead atoms. The van der Waals surface area contributed by atoms with E-state index in [-0.39, 0.29) is 11.4 Å². The Hall–Kier alpha value is -4.06. The Bertz CT molecular complexity index is 983. The van der Waals surface area contributed by atoms with Crippen molar-refractivity contribution in [2.75, 3.05) is 0 Å². The number of hydrogen-bond donors (Lipinski definition) is 0. The summed E-state index contributed by atoms with van der Waals surface area (Å²) in [5.41, 5.74) is 3.54. The molecule has 6 nitrogen and oxygen atoms in total. The van der Waals surface area contributed by atoms with E-state index in [4.69, 9.17) is 0 Å². The molecule has 0 aliphatic carbocycles. The summed E-state index contributed by atoms with van der Waals surface area (Å²) in [6.45, 7) is 0. The Labute approximate surface area is 161 Å². The standard InChI is InChI=1S/C22H16N2O4/c25-23(26)21-5-1-3-19(15-21)13-11-17-7-9-18(10-8-17)12-14-20-4-2-6-22(16-20)24(27)28/h1-16H/b13-11+,14-12+. The van der Waals surface area contributed by atoms with Crippen LogP contribution in [0.5, 0.6) is 0 Å². The lowest BCUT2D eigenvalue weighted by atomic mass is 10.1. The molecule has 0 atom stereocenters. The van der Waals surface area contributed by atoms with Gasteiger partial charge in [-0.2, -0.15) is 0 Å². The molecule has 3 rings (SSSR count). The fourth-order valence-corrected chi connectivity index (χ4v) is 2.59. The van der Waals surface area contributed by atoms with Crippen molar-refractivity contribution in [3.63, 3.8) is 0 Å². The summed E-state index contributed by atoms with van der Waals surface area (Å²) in [7, 11) is 0. The molecule has 3 aromatic rings. The van der Waals surface area contributed by atoms with Crippen LogP contribution in [0.3, 0.4) is 0 Å². The summed E-state index contributed by atoms with van der Waals surface area (Å²) in [6, 6.07) is 20.6. The molecule has 0 fully saturated rings. The number of nitro benzene ring substituents is 2. The maximum absolute atomic E-state index is 10.8. The summed E-state index contributed by atoms with van der Waals surface area (Å²) in [6.07, 6.45) is 7.40. The fourth-order valence-electron chi connectivity index (χ4n) is 2.59. The average Bonchev–Trinajstić information content (AvgIpc) is 2.72. The lowest BCUT2D eigenvalue weighted by Crippen LogP contribution is -1.87. The third-order valence-corrected chi connectivity index (χ3v) is 4.03. The molecule has 0 aliphatic heterocycles. The van der Waals surface area contributed by atoms with Crippen LogP contribution >= 0.6 is 0 Å². The van der Waals surface area contributed by atoms with Gasteiger partial charge in [0, 0.05) is 24.3 Å². The molecule has 0 unspecified atom stereocenters. The Morgan fingerprint density at radius 2 is 0.893 bits per heavy atom. The van der Waals surface area contributed by atoms with Crippen LogP contribution in [-0.2, 0) is 0 Å². The second kappa shape index (κ2) is 8.55. The average molecular weight is 372 g/mol. The van der Waals surface area contributed by atoms with Crippen molar-refractivity contribution < 1.29 is 9.85 Å². The Morgan fingerprint density at radius 3 is 1.25 bits per heavy atom. The van der Waals surface area contributed by atoms with Gasteiger partial charge in [-0.05, 0) is 22.3 Å². The van der Waals surface area contributed by atoms with E-state index in [2.05, 4.69) is 0 Å². The minimum absolute atomic E-state index is 0.0591. The van der Waals surface area contributed by atoms with Gasteiger partial charge < -0.3 is 0 Å². The predicted octanol–water partition coefficient (Wildman–Crippen LogP) is 5.84. The highest BCUT2D eigenvalue weighted by Gasteiger charge is 2.04. The quantitative estimate of drug-likeness (QED) is 0.309. The SMILES string of the molecule is O=[N+]([O-])c1cccc(/C=C/c2ccc(/C=C/c3cccc([N+](=O)[O-])c3)cc2)c1. The van der Waals surface area contributed by atoms with Gasteiger partial charge in [-0.1, -0.05) is 72.8 Å². The zero-order valence-corrected chi connectivity index (χ0v) is 14.8. The van der Waals surface area contributed by atoms with Gasteiger partial charge in [0.15, 0.2) is 0 Å². The molecule has 28 heavy (non-hydrogen) atoms. The number of nitro groups is 2. The topological polar surface area (TPSA) is 86.3 Å². The first-order chi connectivity index (χ1) is 13.5. The summed E-state index contributed by atoms with van der Waals surface area (Å²) in [5, 5.41) is 21.6. The Balaban J connectivity index is 1.70. The number of nitrogens with zero attached hydrogens (tertiary/aromatic N) is 2. The van der Waals surface area contributed by atoms with E-state index >= 15 is 0 Å². The van der Waals surface area contributed by atoms with Crippen molar-refractivity contribution in [1.82, 2.24) is 0 Å². The maximum Gasteiger partial charge on any atom is 0.270 e. The first-order valence-electron chi connectivity index (χ1n) is 8.46. The summed E-state index contributed by atoms with van der Waals surface area (Å²) in [4.78, 5) is 20.8. The summed E-state index contributed by atoms with van der Waals surface area (Å²) in [5.74, 6) is 0. The zero-order valence-electron chi connectivity index (χ0n) is 14.8. The van der Waals surface area contributed by atoms with Crippen LogP contribution in [-0.4, -0.2) is 9.85 Å². The van der Waals surface area contributed by atoms with Gasteiger partial charge in [-0.15, -0.1) is 0 Å². The van der Waals surface area contributed by atoms with Crippen molar-refractivity contribution in [3.05, 3.63) is 115 Å². The normalized spacial score (nSPS) is 11.1. The van der Waals surface area contributed by atoms with E-state index in [1.165, 1.54) is 24.3 Å². The van der Waals surface area contributed by atoms with Gasteiger partial charge in [-0.3, -0.25) is 20.2 Å².